The van der Waals surface area contributed by atoms with Crippen molar-refractivity contribution in [3.63, 3.8) is 0 Å². The van der Waals surface area contributed by atoms with Crippen molar-refractivity contribution < 1.29 is 8.42 Å². The summed E-state index contributed by atoms with van der Waals surface area (Å²) < 4.78 is 24.1. The number of hydrogen-bond acceptors (Lipinski definition) is 4. The van der Waals surface area contributed by atoms with Crippen molar-refractivity contribution in [2.45, 2.75) is 0 Å². The molecule has 0 fully saturated rings. The van der Waals surface area contributed by atoms with Crippen LogP contribution < -0.4 is 10.0 Å². The number of rotatable bonds is 5. The molecule has 7 heteroatoms. The summed E-state index contributed by atoms with van der Waals surface area (Å²) in [6.07, 6.45) is 2.78. The van der Waals surface area contributed by atoms with Crippen LogP contribution in [0.15, 0.2) is 24.5 Å². The molecule has 0 aliphatic heterocycles. The molecule has 0 spiro atoms. The molecule has 0 radical (unpaired) electrons. The Hall–Kier alpha value is -1.60. The molecular formula is C10H14N4O2S. The minimum Gasteiger partial charge on any atom is -0.384 e. The number of fused-ring (bicyclic) bond motifs is 1. The highest BCUT2D eigenvalue weighted by Gasteiger charge is 2.00. The largest absolute Gasteiger partial charge is 0.384 e. The number of aromatic amines is 1. The zero-order chi connectivity index (χ0) is 12.3. The lowest BCUT2D eigenvalue weighted by molar-refractivity contribution is 0.589. The van der Waals surface area contributed by atoms with Gasteiger partial charge in [0.05, 0.1) is 23.6 Å². The summed E-state index contributed by atoms with van der Waals surface area (Å²) in [7, 11) is -3.11. The Labute approximate surface area is 99.5 Å². The Morgan fingerprint density at radius 2 is 2.18 bits per heavy atom. The van der Waals surface area contributed by atoms with Crippen LogP contribution in [0.3, 0.4) is 0 Å². The van der Waals surface area contributed by atoms with Crippen molar-refractivity contribution in [3.05, 3.63) is 24.5 Å². The second kappa shape index (κ2) is 4.72. The SMILES string of the molecule is CS(=O)(=O)NCCNc1ccc2nc[nH]c2c1. The molecule has 2 aromatic rings. The topological polar surface area (TPSA) is 86.9 Å². The summed E-state index contributed by atoms with van der Waals surface area (Å²) in [5, 5.41) is 3.12. The fourth-order valence-electron chi connectivity index (χ4n) is 1.49. The van der Waals surface area contributed by atoms with E-state index in [1.54, 1.807) is 6.33 Å². The third-order valence-electron chi connectivity index (χ3n) is 2.24. The number of nitrogens with one attached hydrogen (secondary N) is 3. The highest BCUT2D eigenvalue weighted by atomic mass is 32.2. The number of sulfonamides is 1. The van der Waals surface area contributed by atoms with Crippen LogP contribution in [0.4, 0.5) is 5.69 Å². The van der Waals surface area contributed by atoms with E-state index in [2.05, 4.69) is 20.0 Å². The molecule has 6 nitrogen and oxygen atoms in total. The Balaban J connectivity index is 1.90. The van der Waals surface area contributed by atoms with Crippen molar-refractivity contribution in [1.29, 1.82) is 0 Å². The molecule has 0 saturated carbocycles. The van der Waals surface area contributed by atoms with Crippen molar-refractivity contribution in [3.8, 4) is 0 Å². The molecule has 0 bridgehead atoms. The van der Waals surface area contributed by atoms with E-state index in [0.29, 0.717) is 13.1 Å². The van der Waals surface area contributed by atoms with Crippen molar-refractivity contribution >= 4 is 26.7 Å². The summed E-state index contributed by atoms with van der Waals surface area (Å²) in [5.74, 6) is 0. The first-order valence-corrected chi connectivity index (χ1v) is 7.05. The average molecular weight is 254 g/mol. The van der Waals surface area contributed by atoms with Crippen molar-refractivity contribution in [1.82, 2.24) is 14.7 Å². The van der Waals surface area contributed by atoms with Gasteiger partial charge in [-0.15, -0.1) is 0 Å². The number of imidazole rings is 1. The average Bonchev–Trinajstić information content (AvgIpc) is 2.70. The number of nitrogens with zero attached hydrogens (tertiary/aromatic N) is 1. The number of H-pyrrole nitrogens is 1. The van der Waals surface area contributed by atoms with E-state index in [0.717, 1.165) is 23.0 Å². The van der Waals surface area contributed by atoms with E-state index in [1.807, 2.05) is 18.2 Å². The first-order chi connectivity index (χ1) is 8.04. The molecular weight excluding hydrogens is 240 g/mol. The van der Waals surface area contributed by atoms with Gasteiger partial charge in [-0.25, -0.2) is 18.1 Å². The van der Waals surface area contributed by atoms with E-state index in [-0.39, 0.29) is 0 Å². The Kier molecular flexibility index (Phi) is 3.30. The van der Waals surface area contributed by atoms with Crippen molar-refractivity contribution in [2.24, 2.45) is 0 Å². The fraction of sp³-hybridized carbons (Fsp3) is 0.300. The molecule has 0 aliphatic rings. The molecule has 17 heavy (non-hydrogen) atoms. The van der Waals surface area contributed by atoms with Gasteiger partial charge in [-0.3, -0.25) is 0 Å². The van der Waals surface area contributed by atoms with E-state index in [9.17, 15) is 8.42 Å². The second-order valence-corrected chi connectivity index (χ2v) is 5.56. The second-order valence-electron chi connectivity index (χ2n) is 3.73. The third kappa shape index (κ3) is 3.43. The molecule has 0 aliphatic carbocycles. The van der Waals surface area contributed by atoms with Gasteiger partial charge in [0.15, 0.2) is 0 Å². The minimum atomic E-state index is -3.11. The number of anilines is 1. The van der Waals surface area contributed by atoms with E-state index < -0.39 is 10.0 Å². The molecule has 2 rings (SSSR count). The van der Waals surface area contributed by atoms with Crippen LogP contribution in [0.25, 0.3) is 11.0 Å². The van der Waals surface area contributed by atoms with Gasteiger partial charge in [-0.1, -0.05) is 0 Å². The summed E-state index contributed by atoms with van der Waals surface area (Å²) in [5.41, 5.74) is 2.79. The number of hydrogen-bond donors (Lipinski definition) is 3. The monoisotopic (exact) mass is 254 g/mol. The summed E-state index contributed by atoms with van der Waals surface area (Å²) in [6.45, 7) is 0.895. The maximum Gasteiger partial charge on any atom is 0.208 e. The summed E-state index contributed by atoms with van der Waals surface area (Å²) >= 11 is 0. The molecule has 3 N–H and O–H groups in total. The van der Waals surface area contributed by atoms with Gasteiger partial charge in [0, 0.05) is 18.8 Å². The van der Waals surface area contributed by atoms with Gasteiger partial charge in [-0.2, -0.15) is 0 Å². The Morgan fingerprint density at radius 1 is 1.35 bits per heavy atom. The van der Waals surface area contributed by atoms with Gasteiger partial charge in [-0.05, 0) is 18.2 Å². The van der Waals surface area contributed by atoms with Crippen LogP contribution >= 0.6 is 0 Å². The Morgan fingerprint density at radius 3 is 2.94 bits per heavy atom. The lowest BCUT2D eigenvalue weighted by Gasteiger charge is -2.06. The predicted molar refractivity (Wildman–Crippen MR) is 67.4 cm³/mol. The normalized spacial score (nSPS) is 11.8. The van der Waals surface area contributed by atoms with Crippen LogP contribution in [0, 0.1) is 0 Å². The summed E-state index contributed by atoms with van der Waals surface area (Å²) in [6, 6.07) is 5.74. The minimum absolute atomic E-state index is 0.361. The third-order valence-corrected chi connectivity index (χ3v) is 2.97. The molecule has 0 saturated heterocycles. The van der Waals surface area contributed by atoms with Crippen LogP contribution in [0.2, 0.25) is 0 Å². The first-order valence-electron chi connectivity index (χ1n) is 5.16. The predicted octanol–water partition coefficient (Wildman–Crippen LogP) is 0.524. The molecule has 0 atom stereocenters. The molecule has 92 valence electrons. The number of aromatic nitrogens is 2. The van der Waals surface area contributed by atoms with Crippen LogP contribution in [0.5, 0.6) is 0 Å². The molecule has 1 heterocycles. The van der Waals surface area contributed by atoms with Crippen LogP contribution in [0.1, 0.15) is 0 Å². The van der Waals surface area contributed by atoms with Gasteiger partial charge >= 0.3 is 0 Å². The van der Waals surface area contributed by atoms with Gasteiger partial charge in [0.25, 0.3) is 0 Å². The summed E-state index contributed by atoms with van der Waals surface area (Å²) in [4.78, 5) is 7.13. The standard InChI is InChI=1S/C10H14N4O2S/c1-17(15,16)14-5-4-11-8-2-3-9-10(6-8)13-7-12-9/h2-3,6-7,11,14H,4-5H2,1H3,(H,12,13). The van der Waals surface area contributed by atoms with Gasteiger partial charge < -0.3 is 10.3 Å². The number of benzene rings is 1. The lowest BCUT2D eigenvalue weighted by Crippen LogP contribution is -2.27. The fourth-order valence-corrected chi connectivity index (χ4v) is 1.96. The highest BCUT2D eigenvalue weighted by Crippen LogP contribution is 2.14. The smallest absolute Gasteiger partial charge is 0.208 e. The maximum absolute atomic E-state index is 10.8. The van der Waals surface area contributed by atoms with E-state index >= 15 is 0 Å². The zero-order valence-electron chi connectivity index (χ0n) is 9.40. The van der Waals surface area contributed by atoms with Gasteiger partial charge in [0.1, 0.15) is 0 Å². The molecule has 1 aromatic heterocycles. The molecule has 0 unspecified atom stereocenters. The first kappa shape index (κ1) is 11.9. The van der Waals surface area contributed by atoms with Crippen LogP contribution in [-0.2, 0) is 10.0 Å². The molecule has 1 aromatic carbocycles. The zero-order valence-corrected chi connectivity index (χ0v) is 10.2. The molecule has 0 amide bonds. The lowest BCUT2D eigenvalue weighted by atomic mass is 10.3. The Bertz CT molecular complexity index is 606. The van der Waals surface area contributed by atoms with Crippen molar-refractivity contribution in [2.75, 3.05) is 24.7 Å². The van der Waals surface area contributed by atoms with E-state index in [1.165, 1.54) is 0 Å². The highest BCUT2D eigenvalue weighted by molar-refractivity contribution is 7.88. The maximum atomic E-state index is 10.8. The quantitative estimate of drug-likeness (QED) is 0.679. The van der Waals surface area contributed by atoms with Gasteiger partial charge in [0.2, 0.25) is 10.0 Å². The van der Waals surface area contributed by atoms with Crippen LogP contribution in [-0.4, -0.2) is 37.7 Å². The van der Waals surface area contributed by atoms with E-state index in [4.69, 9.17) is 0 Å².